The van der Waals surface area contributed by atoms with Crippen LogP contribution in [0.25, 0.3) is 16.2 Å². The fraction of sp³-hybridized carbons (Fsp3) is 0.200. The van der Waals surface area contributed by atoms with Crippen LogP contribution in [0.3, 0.4) is 0 Å². The van der Waals surface area contributed by atoms with Crippen LogP contribution in [-0.2, 0) is 0 Å². The lowest BCUT2D eigenvalue weighted by Gasteiger charge is -2.06. The van der Waals surface area contributed by atoms with Gasteiger partial charge in [0.2, 0.25) is 0 Å². The molecular formula is C15H14N2OS. The number of thiazole rings is 1. The van der Waals surface area contributed by atoms with Gasteiger partial charge in [-0.1, -0.05) is 23.8 Å². The van der Waals surface area contributed by atoms with Crippen molar-refractivity contribution in [2.24, 2.45) is 0 Å². The Hall–Kier alpha value is -1.94. The van der Waals surface area contributed by atoms with Gasteiger partial charge in [-0.25, -0.2) is 4.98 Å². The number of fused-ring (bicyclic) bond motifs is 1. The topological polar surface area (TPSA) is 34.4 Å². The number of carbonyl (C=O) groups excluding carboxylic acids is 1. The van der Waals surface area contributed by atoms with Crippen molar-refractivity contribution in [3.8, 4) is 11.3 Å². The zero-order valence-electron chi connectivity index (χ0n) is 11.1. The van der Waals surface area contributed by atoms with E-state index in [9.17, 15) is 4.79 Å². The first kappa shape index (κ1) is 12.1. The van der Waals surface area contributed by atoms with Crippen molar-refractivity contribution in [1.29, 1.82) is 0 Å². The van der Waals surface area contributed by atoms with Crippen LogP contribution < -0.4 is 0 Å². The smallest absolute Gasteiger partial charge is 0.194 e. The molecule has 0 saturated heterocycles. The number of aldehydes is 1. The molecule has 0 aliphatic carbocycles. The third-order valence-electron chi connectivity index (χ3n) is 3.35. The Labute approximate surface area is 115 Å². The summed E-state index contributed by atoms with van der Waals surface area (Å²) < 4.78 is 1.95. The lowest BCUT2D eigenvalue weighted by Crippen LogP contribution is -1.95. The molecule has 2 aromatic heterocycles. The Balaban J connectivity index is 2.33. The van der Waals surface area contributed by atoms with Gasteiger partial charge in [0.25, 0.3) is 0 Å². The number of benzene rings is 1. The quantitative estimate of drug-likeness (QED) is 0.664. The van der Waals surface area contributed by atoms with Crippen LogP contribution in [0.15, 0.2) is 23.6 Å². The van der Waals surface area contributed by atoms with Gasteiger partial charge in [0.05, 0.1) is 11.4 Å². The van der Waals surface area contributed by atoms with Crippen molar-refractivity contribution in [1.82, 2.24) is 9.38 Å². The van der Waals surface area contributed by atoms with Crippen LogP contribution in [0.5, 0.6) is 0 Å². The van der Waals surface area contributed by atoms with E-state index in [2.05, 4.69) is 42.4 Å². The van der Waals surface area contributed by atoms with Crippen molar-refractivity contribution >= 4 is 22.6 Å². The van der Waals surface area contributed by atoms with Crippen LogP contribution in [0.4, 0.5) is 0 Å². The molecule has 0 unspecified atom stereocenters. The molecule has 0 bridgehead atoms. The molecule has 0 atom stereocenters. The van der Waals surface area contributed by atoms with E-state index in [1.165, 1.54) is 11.1 Å². The molecule has 0 spiro atoms. The predicted octanol–water partition coefficient (Wildman–Crippen LogP) is 3.80. The summed E-state index contributed by atoms with van der Waals surface area (Å²) >= 11 is 1.57. The van der Waals surface area contributed by atoms with E-state index in [0.717, 1.165) is 28.2 Å². The molecule has 0 radical (unpaired) electrons. The minimum atomic E-state index is 0.645. The maximum absolute atomic E-state index is 11.3. The first-order chi connectivity index (χ1) is 9.11. The van der Waals surface area contributed by atoms with Gasteiger partial charge in [-0.05, 0) is 26.3 Å². The van der Waals surface area contributed by atoms with Crippen LogP contribution in [0, 0.1) is 20.8 Å². The zero-order chi connectivity index (χ0) is 13.6. The Kier molecular flexibility index (Phi) is 2.75. The van der Waals surface area contributed by atoms with Gasteiger partial charge in [0.1, 0.15) is 5.69 Å². The molecule has 0 saturated carbocycles. The van der Waals surface area contributed by atoms with Crippen molar-refractivity contribution in [2.45, 2.75) is 20.8 Å². The lowest BCUT2D eigenvalue weighted by molar-refractivity contribution is 0.111. The van der Waals surface area contributed by atoms with E-state index in [-0.39, 0.29) is 0 Å². The minimum absolute atomic E-state index is 0.645. The number of hydrogen-bond donors (Lipinski definition) is 0. The number of hydrogen-bond acceptors (Lipinski definition) is 3. The molecule has 19 heavy (non-hydrogen) atoms. The highest BCUT2D eigenvalue weighted by Gasteiger charge is 2.15. The first-order valence-electron chi connectivity index (χ1n) is 6.11. The van der Waals surface area contributed by atoms with Crippen molar-refractivity contribution in [2.75, 3.05) is 0 Å². The summed E-state index contributed by atoms with van der Waals surface area (Å²) in [5, 5.41) is 2.06. The SMILES string of the molecule is Cc1ccc(-c2csc3nc(C)c(C=O)n23)c(C)c1. The third-order valence-corrected chi connectivity index (χ3v) is 4.18. The Morgan fingerprint density at radius 2 is 2.05 bits per heavy atom. The number of imidazole rings is 1. The van der Waals surface area contributed by atoms with Crippen LogP contribution in [0.1, 0.15) is 27.3 Å². The molecule has 3 nitrogen and oxygen atoms in total. The summed E-state index contributed by atoms with van der Waals surface area (Å²) in [6.45, 7) is 6.05. The van der Waals surface area contributed by atoms with Gasteiger partial charge in [0, 0.05) is 10.9 Å². The largest absolute Gasteiger partial charge is 0.296 e. The van der Waals surface area contributed by atoms with Gasteiger partial charge in [-0.15, -0.1) is 11.3 Å². The summed E-state index contributed by atoms with van der Waals surface area (Å²) in [6.07, 6.45) is 0.884. The van der Waals surface area contributed by atoms with E-state index in [1.54, 1.807) is 11.3 Å². The van der Waals surface area contributed by atoms with Crippen molar-refractivity contribution in [3.05, 3.63) is 46.1 Å². The molecule has 3 rings (SSSR count). The van der Waals surface area contributed by atoms with E-state index < -0.39 is 0 Å². The zero-order valence-corrected chi connectivity index (χ0v) is 11.9. The number of nitrogens with zero attached hydrogens (tertiary/aromatic N) is 2. The van der Waals surface area contributed by atoms with Gasteiger partial charge in [0.15, 0.2) is 11.2 Å². The van der Waals surface area contributed by atoms with Crippen LogP contribution in [0.2, 0.25) is 0 Å². The van der Waals surface area contributed by atoms with Crippen molar-refractivity contribution in [3.63, 3.8) is 0 Å². The standard InChI is InChI=1S/C15H14N2OS/c1-9-4-5-12(10(2)6-9)14-8-19-15-16-11(3)13(7-18)17(14)15/h4-8H,1-3H3. The molecule has 3 aromatic rings. The maximum atomic E-state index is 11.3. The van der Waals surface area contributed by atoms with Crippen LogP contribution in [-0.4, -0.2) is 15.7 Å². The summed E-state index contributed by atoms with van der Waals surface area (Å²) in [5.41, 5.74) is 6.07. The normalized spacial score (nSPS) is 11.1. The molecular weight excluding hydrogens is 256 g/mol. The number of aromatic nitrogens is 2. The predicted molar refractivity (Wildman–Crippen MR) is 78.1 cm³/mol. The fourth-order valence-electron chi connectivity index (χ4n) is 2.41. The summed E-state index contributed by atoms with van der Waals surface area (Å²) in [7, 11) is 0. The lowest BCUT2D eigenvalue weighted by atomic mass is 10.0. The molecule has 0 N–H and O–H groups in total. The highest BCUT2D eigenvalue weighted by molar-refractivity contribution is 7.15. The van der Waals surface area contributed by atoms with Crippen molar-refractivity contribution < 1.29 is 4.79 Å². The Bertz CT molecular complexity index is 783. The van der Waals surface area contributed by atoms with E-state index in [0.29, 0.717) is 5.69 Å². The Morgan fingerprint density at radius 3 is 2.74 bits per heavy atom. The first-order valence-corrected chi connectivity index (χ1v) is 6.99. The average molecular weight is 270 g/mol. The second kappa shape index (κ2) is 4.31. The number of aryl methyl sites for hydroxylation is 3. The molecule has 96 valence electrons. The van der Waals surface area contributed by atoms with Gasteiger partial charge >= 0.3 is 0 Å². The molecule has 0 aliphatic heterocycles. The highest BCUT2D eigenvalue weighted by Crippen LogP contribution is 2.30. The fourth-order valence-corrected chi connectivity index (χ4v) is 3.35. The molecule has 0 amide bonds. The van der Waals surface area contributed by atoms with E-state index >= 15 is 0 Å². The summed E-state index contributed by atoms with van der Waals surface area (Å²) in [6, 6.07) is 6.36. The average Bonchev–Trinajstić information content (AvgIpc) is 2.87. The second-order valence-electron chi connectivity index (χ2n) is 4.76. The summed E-state index contributed by atoms with van der Waals surface area (Å²) in [4.78, 5) is 16.6. The molecule has 2 heterocycles. The molecule has 1 aromatic carbocycles. The third kappa shape index (κ3) is 1.79. The number of carbonyl (C=O) groups is 1. The van der Waals surface area contributed by atoms with Gasteiger partial charge < -0.3 is 0 Å². The van der Waals surface area contributed by atoms with E-state index in [1.807, 2.05) is 11.3 Å². The summed E-state index contributed by atoms with van der Waals surface area (Å²) in [5.74, 6) is 0. The monoisotopic (exact) mass is 270 g/mol. The molecule has 0 fully saturated rings. The Morgan fingerprint density at radius 1 is 1.26 bits per heavy atom. The molecule has 4 heteroatoms. The van der Waals surface area contributed by atoms with E-state index in [4.69, 9.17) is 0 Å². The van der Waals surface area contributed by atoms with Crippen LogP contribution >= 0.6 is 11.3 Å². The minimum Gasteiger partial charge on any atom is -0.296 e. The van der Waals surface area contributed by atoms with Gasteiger partial charge in [-0.3, -0.25) is 9.20 Å². The number of rotatable bonds is 2. The maximum Gasteiger partial charge on any atom is 0.194 e. The van der Waals surface area contributed by atoms with Gasteiger partial charge in [-0.2, -0.15) is 0 Å². The highest BCUT2D eigenvalue weighted by atomic mass is 32.1. The molecule has 0 aliphatic rings. The second-order valence-corrected chi connectivity index (χ2v) is 5.59.